The summed E-state index contributed by atoms with van der Waals surface area (Å²) < 4.78 is 1.84. The monoisotopic (exact) mass is 395 g/mol. The molecule has 3 aromatic rings. The van der Waals surface area contributed by atoms with Crippen LogP contribution in [0.25, 0.3) is 10.9 Å². The molecule has 156 valence electrons. The Bertz CT molecular complexity index is 951. The van der Waals surface area contributed by atoms with Gasteiger partial charge in [-0.05, 0) is 51.6 Å². The molecule has 1 unspecified atom stereocenters. The number of nitrogens with one attached hydrogen (secondary N) is 3. The number of nitrogens with zero attached hydrogens (tertiary/aromatic N) is 4. The second-order valence-electron chi connectivity index (χ2n) is 7.69. The third-order valence-corrected chi connectivity index (χ3v) is 5.11. The van der Waals surface area contributed by atoms with Gasteiger partial charge in [0, 0.05) is 49.0 Å². The van der Waals surface area contributed by atoms with Gasteiger partial charge in [-0.15, -0.1) is 0 Å². The molecule has 3 N–H and O–H groups in total. The number of aromatic nitrogens is 3. The molecular weight excluding hydrogens is 362 g/mol. The summed E-state index contributed by atoms with van der Waals surface area (Å²) in [6.07, 6.45) is 7.02. The van der Waals surface area contributed by atoms with Crippen LogP contribution in [0.2, 0.25) is 0 Å². The van der Waals surface area contributed by atoms with Gasteiger partial charge in [0.2, 0.25) is 0 Å². The first-order valence-corrected chi connectivity index (χ1v) is 10.2. The molecule has 0 spiro atoms. The minimum atomic E-state index is 0.191. The van der Waals surface area contributed by atoms with Gasteiger partial charge in [0.1, 0.15) is 0 Å². The van der Waals surface area contributed by atoms with E-state index in [4.69, 9.17) is 4.99 Å². The number of aliphatic imine (C=N–C) groups is 1. The zero-order valence-electron chi connectivity index (χ0n) is 18.2. The summed E-state index contributed by atoms with van der Waals surface area (Å²) in [5.74, 6) is 0.846. The van der Waals surface area contributed by atoms with Crippen LogP contribution in [0.15, 0.2) is 41.8 Å². The average molecular weight is 396 g/mol. The van der Waals surface area contributed by atoms with Gasteiger partial charge >= 0.3 is 0 Å². The van der Waals surface area contributed by atoms with Crippen molar-refractivity contribution >= 4 is 16.9 Å². The summed E-state index contributed by atoms with van der Waals surface area (Å²) in [4.78, 5) is 10.4. The molecule has 0 bridgehead atoms. The molecule has 3 rings (SSSR count). The molecule has 0 radical (unpaired) electrons. The van der Waals surface area contributed by atoms with Gasteiger partial charge in [-0.3, -0.25) is 9.67 Å². The van der Waals surface area contributed by atoms with E-state index in [1.54, 1.807) is 0 Å². The number of rotatable bonds is 8. The fraction of sp³-hybridized carbons (Fsp3) is 0.455. The molecule has 0 amide bonds. The van der Waals surface area contributed by atoms with Crippen LogP contribution < -0.4 is 10.6 Å². The second kappa shape index (κ2) is 9.60. The number of aromatic amines is 1. The number of likely N-dealkylation sites (N-methyl/N-ethyl adjacent to an activating group) is 1. The SMILES string of the molecule is CCNC(=NCC(c1cnn(C)c1)N(C)C)NCCc1c[nH]c2cc(C)ccc12. The predicted octanol–water partition coefficient (Wildman–Crippen LogP) is 2.61. The number of H-pyrrole nitrogens is 1. The Hall–Kier alpha value is -2.80. The minimum Gasteiger partial charge on any atom is -0.361 e. The Morgan fingerprint density at radius 3 is 2.83 bits per heavy atom. The topological polar surface area (TPSA) is 73.3 Å². The van der Waals surface area contributed by atoms with Crippen molar-refractivity contribution in [2.75, 3.05) is 33.7 Å². The number of hydrogen-bond acceptors (Lipinski definition) is 3. The van der Waals surface area contributed by atoms with Crippen molar-refractivity contribution in [2.45, 2.75) is 26.3 Å². The van der Waals surface area contributed by atoms with E-state index in [1.165, 1.54) is 27.6 Å². The maximum absolute atomic E-state index is 4.82. The summed E-state index contributed by atoms with van der Waals surface area (Å²) in [6.45, 7) is 6.53. The van der Waals surface area contributed by atoms with Crippen molar-refractivity contribution in [2.24, 2.45) is 12.0 Å². The van der Waals surface area contributed by atoms with Crippen LogP contribution in [0.3, 0.4) is 0 Å². The van der Waals surface area contributed by atoms with Crippen LogP contribution in [-0.4, -0.2) is 59.4 Å². The number of hydrogen-bond donors (Lipinski definition) is 3. The first-order chi connectivity index (χ1) is 14.0. The highest BCUT2D eigenvalue weighted by atomic mass is 15.2. The number of guanidine groups is 1. The average Bonchev–Trinajstić information content (AvgIpc) is 3.27. The van der Waals surface area contributed by atoms with E-state index in [2.05, 4.69) is 84.2 Å². The van der Waals surface area contributed by atoms with Gasteiger partial charge in [0.15, 0.2) is 5.96 Å². The molecule has 29 heavy (non-hydrogen) atoms. The van der Waals surface area contributed by atoms with Crippen molar-refractivity contribution in [1.29, 1.82) is 0 Å². The first-order valence-electron chi connectivity index (χ1n) is 10.2. The van der Waals surface area contributed by atoms with Crippen molar-refractivity contribution in [3.63, 3.8) is 0 Å². The lowest BCUT2D eigenvalue weighted by molar-refractivity contribution is 0.306. The Labute approximate surface area is 173 Å². The van der Waals surface area contributed by atoms with E-state index in [9.17, 15) is 0 Å². The highest BCUT2D eigenvalue weighted by Gasteiger charge is 2.15. The van der Waals surface area contributed by atoms with Gasteiger partial charge in [-0.1, -0.05) is 12.1 Å². The van der Waals surface area contributed by atoms with E-state index in [-0.39, 0.29) is 6.04 Å². The fourth-order valence-electron chi connectivity index (χ4n) is 3.52. The van der Waals surface area contributed by atoms with E-state index in [0.717, 1.165) is 25.5 Å². The normalized spacial score (nSPS) is 13.2. The number of fused-ring (bicyclic) bond motifs is 1. The fourth-order valence-corrected chi connectivity index (χ4v) is 3.52. The third-order valence-electron chi connectivity index (χ3n) is 5.11. The molecule has 0 saturated heterocycles. The molecule has 0 saturated carbocycles. The molecule has 1 aromatic carbocycles. The van der Waals surface area contributed by atoms with Gasteiger partial charge < -0.3 is 20.5 Å². The van der Waals surface area contributed by atoms with Crippen molar-refractivity contribution in [3.05, 3.63) is 53.5 Å². The van der Waals surface area contributed by atoms with Gasteiger partial charge in [0.25, 0.3) is 0 Å². The largest absolute Gasteiger partial charge is 0.361 e. The minimum absolute atomic E-state index is 0.191. The van der Waals surface area contributed by atoms with Crippen LogP contribution in [0.4, 0.5) is 0 Å². The summed E-state index contributed by atoms with van der Waals surface area (Å²) in [7, 11) is 6.09. The Kier molecular flexibility index (Phi) is 6.93. The molecule has 0 aliphatic heterocycles. The first kappa shape index (κ1) is 20.9. The molecule has 7 heteroatoms. The van der Waals surface area contributed by atoms with Gasteiger partial charge in [0.05, 0.1) is 18.8 Å². The zero-order chi connectivity index (χ0) is 20.8. The van der Waals surface area contributed by atoms with Gasteiger partial charge in [-0.25, -0.2) is 0 Å². The lowest BCUT2D eigenvalue weighted by Crippen LogP contribution is -2.39. The maximum atomic E-state index is 4.82. The lowest BCUT2D eigenvalue weighted by atomic mass is 10.1. The smallest absolute Gasteiger partial charge is 0.191 e. The molecule has 2 heterocycles. The summed E-state index contributed by atoms with van der Waals surface area (Å²) >= 11 is 0. The van der Waals surface area contributed by atoms with Crippen LogP contribution in [0.1, 0.15) is 29.7 Å². The van der Waals surface area contributed by atoms with Crippen LogP contribution in [-0.2, 0) is 13.5 Å². The van der Waals surface area contributed by atoms with Crippen LogP contribution in [0, 0.1) is 6.92 Å². The van der Waals surface area contributed by atoms with E-state index >= 15 is 0 Å². The maximum Gasteiger partial charge on any atom is 0.191 e. The van der Waals surface area contributed by atoms with E-state index in [1.807, 2.05) is 17.9 Å². The van der Waals surface area contributed by atoms with E-state index < -0.39 is 0 Å². The van der Waals surface area contributed by atoms with Crippen molar-refractivity contribution in [3.8, 4) is 0 Å². The molecule has 0 aliphatic rings. The highest BCUT2D eigenvalue weighted by Crippen LogP contribution is 2.20. The second-order valence-corrected chi connectivity index (χ2v) is 7.69. The zero-order valence-corrected chi connectivity index (χ0v) is 18.2. The Morgan fingerprint density at radius 2 is 2.14 bits per heavy atom. The Balaban J connectivity index is 1.62. The van der Waals surface area contributed by atoms with Gasteiger partial charge in [-0.2, -0.15) is 5.10 Å². The summed E-state index contributed by atoms with van der Waals surface area (Å²) in [5, 5.41) is 12.4. The highest BCUT2D eigenvalue weighted by molar-refractivity contribution is 5.84. The van der Waals surface area contributed by atoms with Crippen molar-refractivity contribution < 1.29 is 0 Å². The van der Waals surface area contributed by atoms with Crippen molar-refractivity contribution in [1.82, 2.24) is 30.3 Å². The van der Waals surface area contributed by atoms with Crippen LogP contribution in [0.5, 0.6) is 0 Å². The summed E-state index contributed by atoms with van der Waals surface area (Å²) in [5.41, 5.74) is 4.97. The number of benzene rings is 1. The van der Waals surface area contributed by atoms with Crippen LogP contribution >= 0.6 is 0 Å². The standard InChI is InChI=1S/C22H33N7/c1-6-23-22(26-14-21(28(3)4)18-13-27-29(5)15-18)24-10-9-17-12-25-20-11-16(2)7-8-19(17)20/h7-8,11-13,15,21,25H,6,9-10,14H2,1-5H3,(H2,23,24,26). The van der Waals surface area contributed by atoms with E-state index in [0.29, 0.717) is 6.54 Å². The third kappa shape index (κ3) is 5.38. The lowest BCUT2D eigenvalue weighted by Gasteiger charge is -2.22. The summed E-state index contributed by atoms with van der Waals surface area (Å²) in [6, 6.07) is 6.75. The molecule has 0 fully saturated rings. The molecule has 0 aliphatic carbocycles. The quantitative estimate of drug-likeness (QED) is 0.405. The predicted molar refractivity (Wildman–Crippen MR) is 120 cm³/mol. The molecule has 1 atom stereocenters. The molecule has 2 aromatic heterocycles. The molecule has 7 nitrogen and oxygen atoms in total. The molecular formula is C22H33N7. The Morgan fingerprint density at radius 1 is 1.31 bits per heavy atom. The number of aryl methyl sites for hydroxylation is 2.